The lowest BCUT2D eigenvalue weighted by Gasteiger charge is -2.07. The first-order valence-electron chi connectivity index (χ1n) is 15.1. The Morgan fingerprint density at radius 2 is 0.872 bits per heavy atom. The fourth-order valence-electron chi connectivity index (χ4n) is 4.38. The average molecular weight is 554 g/mol. The summed E-state index contributed by atoms with van der Waals surface area (Å²) in [5.41, 5.74) is 0. The van der Waals surface area contributed by atoms with Crippen LogP contribution in [0.1, 0.15) is 149 Å². The second-order valence-corrected chi connectivity index (χ2v) is 10.3. The summed E-state index contributed by atoms with van der Waals surface area (Å²) in [6.45, 7) is 5.46. The molecule has 2 N–H and O–H groups in total. The first-order valence-corrected chi connectivity index (χ1v) is 15.1. The first kappa shape index (κ1) is 34.3. The minimum atomic E-state index is -0.839. The van der Waals surface area contributed by atoms with Crippen molar-refractivity contribution in [3.63, 3.8) is 0 Å². The number of carbonyl (C=O) groups is 3. The van der Waals surface area contributed by atoms with E-state index in [1.54, 1.807) is 0 Å². The van der Waals surface area contributed by atoms with E-state index in [0.717, 1.165) is 45.4 Å². The zero-order valence-electron chi connectivity index (χ0n) is 24.4. The smallest absolute Gasteiger partial charge is 0.330 e. The molecular weight excluding hydrogens is 502 g/mol. The van der Waals surface area contributed by atoms with E-state index in [0.29, 0.717) is 17.6 Å². The van der Waals surface area contributed by atoms with Crippen LogP contribution in [0.3, 0.4) is 0 Å². The molecule has 224 valence electrons. The van der Waals surface area contributed by atoms with Gasteiger partial charge in [0.25, 0.3) is 11.8 Å². The van der Waals surface area contributed by atoms with Crippen molar-refractivity contribution in [2.45, 2.75) is 149 Å². The molecule has 1 rings (SSSR count). The van der Waals surface area contributed by atoms with Crippen LogP contribution in [-0.2, 0) is 14.4 Å². The summed E-state index contributed by atoms with van der Waals surface area (Å²) in [6, 6.07) is 0. The molecule has 1 aromatic rings. The maximum absolute atomic E-state index is 12.4. The van der Waals surface area contributed by atoms with Crippen LogP contribution < -0.4 is 14.3 Å². The number of aromatic hydroxyl groups is 2. The summed E-state index contributed by atoms with van der Waals surface area (Å²) >= 11 is 0. The topological polar surface area (TPSA) is 124 Å². The Morgan fingerprint density at radius 1 is 0.564 bits per heavy atom. The van der Waals surface area contributed by atoms with Gasteiger partial charge in [-0.1, -0.05) is 121 Å². The van der Waals surface area contributed by atoms with E-state index in [1.165, 1.54) is 64.2 Å². The summed E-state index contributed by atoms with van der Waals surface area (Å²) in [6.07, 6.45) is 19.8. The van der Waals surface area contributed by atoms with Crippen LogP contribution in [-0.4, -0.2) is 32.9 Å². The molecular formula is C30H51NO8. The minimum absolute atomic E-state index is 0.0978. The maximum atomic E-state index is 12.4. The highest BCUT2D eigenvalue weighted by molar-refractivity contribution is 5.79. The average Bonchev–Trinajstić information content (AvgIpc) is 3.10. The molecule has 0 bridgehead atoms. The second kappa shape index (κ2) is 21.2. The predicted molar refractivity (Wildman–Crippen MR) is 150 cm³/mol. The lowest BCUT2D eigenvalue weighted by Crippen LogP contribution is -2.15. The molecule has 0 unspecified atom stereocenters. The number of carbonyl (C=O) groups excluding carboxylic acids is 3. The Bertz CT molecular complexity index is 789. The van der Waals surface area contributed by atoms with Gasteiger partial charge in [-0.15, -0.1) is 0 Å². The Kier molecular flexibility index (Phi) is 18.6. The molecule has 0 amide bonds. The molecule has 1 heterocycles. The number of hydrogen-bond acceptors (Lipinski definition) is 8. The SMILES string of the molecule is CCCCCCCCCCCC(=O)Oc1c(OC(=O)CCCCCCCCCCC)c(O)n(OC(C)=O)c1O. The zero-order valence-corrected chi connectivity index (χ0v) is 24.4. The highest BCUT2D eigenvalue weighted by Gasteiger charge is 2.31. The van der Waals surface area contributed by atoms with E-state index < -0.39 is 41.2 Å². The summed E-state index contributed by atoms with van der Waals surface area (Å²) < 4.78 is 10.9. The van der Waals surface area contributed by atoms with Gasteiger partial charge in [0.05, 0.1) is 0 Å². The van der Waals surface area contributed by atoms with E-state index >= 15 is 0 Å². The number of ether oxygens (including phenoxy) is 2. The van der Waals surface area contributed by atoms with Crippen molar-refractivity contribution in [2.24, 2.45) is 0 Å². The minimum Gasteiger partial charge on any atom is -0.490 e. The predicted octanol–water partition coefficient (Wildman–Crippen LogP) is 7.53. The number of unbranched alkanes of at least 4 members (excludes halogenated alkanes) is 16. The van der Waals surface area contributed by atoms with Crippen molar-refractivity contribution in [1.29, 1.82) is 0 Å². The molecule has 0 atom stereocenters. The Labute approximate surface area is 234 Å². The molecule has 0 aliphatic heterocycles. The molecule has 0 fully saturated rings. The van der Waals surface area contributed by atoms with Crippen LogP contribution in [0.4, 0.5) is 0 Å². The third-order valence-electron chi connectivity index (χ3n) is 6.62. The van der Waals surface area contributed by atoms with Crippen LogP contribution in [0.25, 0.3) is 0 Å². The van der Waals surface area contributed by atoms with Gasteiger partial charge in [-0.3, -0.25) is 9.59 Å². The fraction of sp³-hybridized carbons (Fsp3) is 0.767. The molecule has 0 aliphatic rings. The Morgan fingerprint density at radius 3 is 1.18 bits per heavy atom. The zero-order chi connectivity index (χ0) is 28.9. The van der Waals surface area contributed by atoms with Gasteiger partial charge in [-0.25, -0.2) is 4.79 Å². The fourth-order valence-corrected chi connectivity index (χ4v) is 4.38. The van der Waals surface area contributed by atoms with E-state index in [9.17, 15) is 24.6 Å². The molecule has 0 spiro atoms. The standard InChI is InChI=1S/C30H51NO8/c1-4-6-8-10-12-14-16-18-20-22-25(33)37-27-28(30(36)31(29(27)35)39-24(3)32)38-26(34)23-21-19-17-15-13-11-9-7-5-2/h35-36H,4-23H2,1-3H3. The normalized spacial score (nSPS) is 10.9. The first-order chi connectivity index (χ1) is 18.8. The monoisotopic (exact) mass is 553 g/mol. The summed E-state index contributed by atoms with van der Waals surface area (Å²) in [5.74, 6) is -4.90. The maximum Gasteiger partial charge on any atom is 0.330 e. The van der Waals surface area contributed by atoms with E-state index in [4.69, 9.17) is 14.3 Å². The highest BCUT2D eigenvalue weighted by Crippen LogP contribution is 2.47. The number of nitrogens with zero attached hydrogens (tertiary/aromatic N) is 1. The van der Waals surface area contributed by atoms with Gasteiger partial charge in [0.15, 0.2) is 0 Å². The van der Waals surface area contributed by atoms with Crippen molar-refractivity contribution in [1.82, 2.24) is 4.73 Å². The largest absolute Gasteiger partial charge is 0.490 e. The van der Waals surface area contributed by atoms with Gasteiger partial charge >= 0.3 is 17.9 Å². The Hall–Kier alpha value is -2.71. The van der Waals surface area contributed by atoms with Crippen molar-refractivity contribution in [2.75, 3.05) is 0 Å². The van der Waals surface area contributed by atoms with Gasteiger partial charge in [0.2, 0.25) is 11.5 Å². The molecule has 1 aromatic heterocycles. The second-order valence-electron chi connectivity index (χ2n) is 10.3. The molecule has 9 heteroatoms. The molecule has 39 heavy (non-hydrogen) atoms. The van der Waals surface area contributed by atoms with Gasteiger partial charge in [-0.05, 0) is 12.8 Å². The number of rotatable bonds is 23. The van der Waals surface area contributed by atoms with Gasteiger partial charge in [0.1, 0.15) is 0 Å². The quantitative estimate of drug-likeness (QED) is 0.105. The van der Waals surface area contributed by atoms with Crippen molar-refractivity contribution >= 4 is 17.9 Å². The highest BCUT2D eigenvalue weighted by atomic mass is 16.7. The van der Waals surface area contributed by atoms with E-state index in [2.05, 4.69) is 13.8 Å². The summed E-state index contributed by atoms with van der Waals surface area (Å²) in [4.78, 5) is 41.1. The molecule has 0 saturated carbocycles. The lowest BCUT2D eigenvalue weighted by atomic mass is 10.1. The van der Waals surface area contributed by atoms with Crippen LogP contribution in [0.15, 0.2) is 0 Å². The van der Waals surface area contributed by atoms with E-state index in [-0.39, 0.29) is 12.8 Å². The third kappa shape index (κ3) is 14.9. The van der Waals surface area contributed by atoms with Crippen LogP contribution in [0.5, 0.6) is 23.3 Å². The van der Waals surface area contributed by atoms with Crippen LogP contribution >= 0.6 is 0 Å². The molecule has 0 saturated heterocycles. The summed E-state index contributed by atoms with van der Waals surface area (Å²) in [7, 11) is 0. The molecule has 9 nitrogen and oxygen atoms in total. The molecule has 0 radical (unpaired) electrons. The third-order valence-corrected chi connectivity index (χ3v) is 6.62. The Balaban J connectivity index is 2.57. The number of hydrogen-bond donors (Lipinski definition) is 2. The molecule has 0 aliphatic carbocycles. The van der Waals surface area contributed by atoms with Gasteiger partial charge in [0, 0.05) is 19.8 Å². The van der Waals surface area contributed by atoms with Crippen molar-refractivity contribution in [3.05, 3.63) is 0 Å². The van der Waals surface area contributed by atoms with Gasteiger partial charge < -0.3 is 24.5 Å². The number of esters is 2. The van der Waals surface area contributed by atoms with Crippen LogP contribution in [0.2, 0.25) is 0 Å². The van der Waals surface area contributed by atoms with Crippen LogP contribution in [0, 0.1) is 0 Å². The van der Waals surface area contributed by atoms with Crippen molar-refractivity contribution < 1.29 is 38.9 Å². The van der Waals surface area contributed by atoms with Crippen molar-refractivity contribution in [3.8, 4) is 23.3 Å². The number of aromatic nitrogens is 1. The summed E-state index contributed by atoms with van der Waals surface area (Å²) in [5, 5.41) is 20.9. The van der Waals surface area contributed by atoms with Gasteiger partial charge in [-0.2, -0.15) is 0 Å². The lowest BCUT2D eigenvalue weighted by molar-refractivity contribution is -0.142. The van der Waals surface area contributed by atoms with E-state index in [1.807, 2.05) is 0 Å². The molecule has 0 aromatic carbocycles.